The molecule has 222 valence electrons. The SMILES string of the molecule is CC(C)C[C@@H](C(=O)OCc1ccccc1)C(CC=Cc1ccccc1)(C(=O)OCc1ccccc1)C(=O)OC(C)(C)C. The van der Waals surface area contributed by atoms with Gasteiger partial charge in [-0.05, 0) is 56.2 Å². The first-order valence-electron chi connectivity index (χ1n) is 14.4. The van der Waals surface area contributed by atoms with Crippen LogP contribution in [0.2, 0.25) is 0 Å². The van der Waals surface area contributed by atoms with E-state index >= 15 is 0 Å². The summed E-state index contributed by atoms with van der Waals surface area (Å²) in [6, 6.07) is 28.0. The first-order valence-corrected chi connectivity index (χ1v) is 14.4. The van der Waals surface area contributed by atoms with Gasteiger partial charge in [0.25, 0.3) is 0 Å². The summed E-state index contributed by atoms with van der Waals surface area (Å²) in [6.45, 7) is 9.03. The smallest absolute Gasteiger partial charge is 0.325 e. The van der Waals surface area contributed by atoms with Crippen LogP contribution in [0.15, 0.2) is 97.1 Å². The minimum Gasteiger partial charge on any atom is -0.461 e. The summed E-state index contributed by atoms with van der Waals surface area (Å²) in [5.74, 6) is -3.47. The Labute approximate surface area is 249 Å². The fourth-order valence-electron chi connectivity index (χ4n) is 4.64. The molecule has 0 aliphatic carbocycles. The Kier molecular flexibility index (Phi) is 11.7. The molecular weight excluding hydrogens is 528 g/mol. The molecule has 0 radical (unpaired) electrons. The number of hydrogen-bond donors (Lipinski definition) is 0. The number of esters is 3. The van der Waals surface area contributed by atoms with Crippen LogP contribution >= 0.6 is 0 Å². The second-order valence-electron chi connectivity index (χ2n) is 11.8. The monoisotopic (exact) mass is 570 g/mol. The van der Waals surface area contributed by atoms with Gasteiger partial charge in [-0.3, -0.25) is 14.4 Å². The lowest BCUT2D eigenvalue weighted by atomic mass is 9.69. The van der Waals surface area contributed by atoms with Gasteiger partial charge >= 0.3 is 17.9 Å². The Hall–Kier alpha value is -4.19. The van der Waals surface area contributed by atoms with Crippen LogP contribution in [0.4, 0.5) is 0 Å². The summed E-state index contributed by atoms with van der Waals surface area (Å²) in [5, 5.41) is 0. The van der Waals surface area contributed by atoms with Crippen LogP contribution in [-0.2, 0) is 41.8 Å². The maximum absolute atomic E-state index is 14.2. The molecule has 0 aliphatic heterocycles. The summed E-state index contributed by atoms with van der Waals surface area (Å²) < 4.78 is 17.5. The molecular formula is C36H42O6. The highest BCUT2D eigenvalue weighted by Gasteiger charge is 2.58. The molecule has 0 saturated heterocycles. The van der Waals surface area contributed by atoms with Crippen molar-refractivity contribution in [2.45, 2.75) is 66.3 Å². The molecule has 0 fully saturated rings. The number of allylic oxidation sites excluding steroid dienone is 1. The highest BCUT2D eigenvalue weighted by atomic mass is 16.6. The highest BCUT2D eigenvalue weighted by Crippen LogP contribution is 2.42. The molecule has 2 atom stereocenters. The van der Waals surface area contributed by atoms with Crippen LogP contribution in [0.25, 0.3) is 6.08 Å². The Bertz CT molecular complexity index is 1310. The summed E-state index contributed by atoms with van der Waals surface area (Å²) in [7, 11) is 0. The first kappa shape index (κ1) is 32.3. The van der Waals surface area contributed by atoms with Gasteiger partial charge in [0.15, 0.2) is 5.41 Å². The fraction of sp³-hybridized carbons (Fsp3) is 0.361. The van der Waals surface area contributed by atoms with Crippen molar-refractivity contribution >= 4 is 24.0 Å². The van der Waals surface area contributed by atoms with Gasteiger partial charge in [-0.2, -0.15) is 0 Å². The van der Waals surface area contributed by atoms with Crippen LogP contribution in [0.5, 0.6) is 0 Å². The minimum absolute atomic E-state index is 0.0115. The number of carbonyl (C=O) groups excluding carboxylic acids is 3. The molecule has 1 unspecified atom stereocenters. The molecule has 6 heteroatoms. The number of carbonyl (C=O) groups is 3. The lowest BCUT2D eigenvalue weighted by Crippen LogP contribution is -2.52. The lowest BCUT2D eigenvalue weighted by Gasteiger charge is -2.37. The lowest BCUT2D eigenvalue weighted by molar-refractivity contribution is -0.191. The molecule has 0 heterocycles. The highest BCUT2D eigenvalue weighted by molar-refractivity contribution is 6.04. The average Bonchev–Trinajstić information content (AvgIpc) is 2.96. The number of ether oxygens (including phenoxy) is 3. The zero-order valence-electron chi connectivity index (χ0n) is 25.2. The Morgan fingerprint density at radius 2 is 1.21 bits per heavy atom. The zero-order chi connectivity index (χ0) is 30.6. The molecule has 0 aromatic heterocycles. The van der Waals surface area contributed by atoms with Crippen LogP contribution in [-0.4, -0.2) is 23.5 Å². The van der Waals surface area contributed by atoms with Crippen LogP contribution < -0.4 is 0 Å². The van der Waals surface area contributed by atoms with E-state index in [-0.39, 0.29) is 32.0 Å². The van der Waals surface area contributed by atoms with Gasteiger partial charge < -0.3 is 14.2 Å². The van der Waals surface area contributed by atoms with E-state index < -0.39 is 34.8 Å². The van der Waals surface area contributed by atoms with Crippen molar-refractivity contribution in [3.05, 3.63) is 114 Å². The number of hydrogen-bond acceptors (Lipinski definition) is 6. The van der Waals surface area contributed by atoms with Crippen molar-refractivity contribution in [1.29, 1.82) is 0 Å². The third-order valence-electron chi connectivity index (χ3n) is 6.70. The molecule has 0 saturated carbocycles. The van der Waals surface area contributed by atoms with E-state index in [0.29, 0.717) is 0 Å². The predicted molar refractivity (Wildman–Crippen MR) is 164 cm³/mol. The van der Waals surface area contributed by atoms with E-state index in [9.17, 15) is 14.4 Å². The van der Waals surface area contributed by atoms with E-state index in [0.717, 1.165) is 16.7 Å². The van der Waals surface area contributed by atoms with Crippen molar-refractivity contribution in [2.75, 3.05) is 0 Å². The fourth-order valence-corrected chi connectivity index (χ4v) is 4.64. The van der Waals surface area contributed by atoms with Gasteiger partial charge in [-0.15, -0.1) is 0 Å². The molecule has 42 heavy (non-hydrogen) atoms. The number of benzene rings is 3. The number of rotatable bonds is 13. The van der Waals surface area contributed by atoms with Gasteiger partial charge in [0.2, 0.25) is 0 Å². The van der Waals surface area contributed by atoms with Crippen molar-refractivity contribution < 1.29 is 28.6 Å². The minimum atomic E-state index is -1.98. The second kappa shape index (κ2) is 15.2. The van der Waals surface area contributed by atoms with E-state index in [4.69, 9.17) is 14.2 Å². The third-order valence-corrected chi connectivity index (χ3v) is 6.70. The molecule has 0 spiro atoms. The third kappa shape index (κ3) is 9.44. The largest absolute Gasteiger partial charge is 0.461 e. The summed E-state index contributed by atoms with van der Waals surface area (Å²) >= 11 is 0. The average molecular weight is 571 g/mol. The van der Waals surface area contributed by atoms with Crippen molar-refractivity contribution in [2.24, 2.45) is 17.3 Å². The molecule has 0 bridgehead atoms. The van der Waals surface area contributed by atoms with Crippen LogP contribution in [0, 0.1) is 17.3 Å². The van der Waals surface area contributed by atoms with Gasteiger partial charge in [-0.25, -0.2) is 0 Å². The molecule has 3 rings (SSSR count). The van der Waals surface area contributed by atoms with Gasteiger partial charge in [-0.1, -0.05) is 117 Å². The van der Waals surface area contributed by atoms with E-state index in [2.05, 4.69) is 0 Å². The maximum atomic E-state index is 14.2. The van der Waals surface area contributed by atoms with Crippen molar-refractivity contribution in [3.63, 3.8) is 0 Å². The summed E-state index contributed by atoms with van der Waals surface area (Å²) in [4.78, 5) is 42.4. The van der Waals surface area contributed by atoms with E-state index in [1.807, 2.05) is 111 Å². The van der Waals surface area contributed by atoms with Crippen LogP contribution in [0.3, 0.4) is 0 Å². The van der Waals surface area contributed by atoms with Gasteiger partial charge in [0.05, 0.1) is 5.92 Å². The van der Waals surface area contributed by atoms with Gasteiger partial charge in [0, 0.05) is 0 Å². The van der Waals surface area contributed by atoms with Crippen LogP contribution in [0.1, 0.15) is 64.2 Å². The van der Waals surface area contributed by atoms with Crippen molar-refractivity contribution in [1.82, 2.24) is 0 Å². The molecule has 3 aromatic rings. The molecule has 0 N–H and O–H groups in total. The molecule has 0 amide bonds. The van der Waals surface area contributed by atoms with E-state index in [1.54, 1.807) is 26.8 Å². The maximum Gasteiger partial charge on any atom is 0.325 e. The predicted octanol–water partition coefficient (Wildman–Crippen LogP) is 7.57. The van der Waals surface area contributed by atoms with E-state index in [1.165, 1.54) is 0 Å². The Morgan fingerprint density at radius 3 is 1.71 bits per heavy atom. The molecule has 0 aliphatic rings. The zero-order valence-corrected chi connectivity index (χ0v) is 25.2. The molecule has 3 aromatic carbocycles. The molecule has 6 nitrogen and oxygen atoms in total. The normalized spacial score (nSPS) is 13.8. The quantitative estimate of drug-likeness (QED) is 0.120. The standard InChI is InChI=1S/C36H42O6/c1-27(2)24-31(32(37)40-25-29-18-11-7-12-19-29)36(34(39)42-35(3,4)5,23-15-22-28-16-9-6-10-17-28)33(38)41-26-30-20-13-8-14-21-30/h6-22,27,31H,23-26H2,1-5H3/t31-,36?/m0/s1. The summed E-state index contributed by atoms with van der Waals surface area (Å²) in [5.41, 5.74) is -0.448. The van der Waals surface area contributed by atoms with Crippen molar-refractivity contribution in [3.8, 4) is 0 Å². The van der Waals surface area contributed by atoms with Gasteiger partial charge in [0.1, 0.15) is 18.8 Å². The Balaban J connectivity index is 2.09. The Morgan fingerprint density at radius 1 is 0.714 bits per heavy atom. The summed E-state index contributed by atoms with van der Waals surface area (Å²) in [6.07, 6.45) is 3.67. The topological polar surface area (TPSA) is 78.9 Å². The first-order chi connectivity index (χ1) is 20.0. The second-order valence-corrected chi connectivity index (χ2v) is 11.8.